The van der Waals surface area contributed by atoms with Gasteiger partial charge in [-0.25, -0.2) is 5.84 Å². The number of hydrazine groups is 1. The highest BCUT2D eigenvalue weighted by molar-refractivity contribution is 5.41. The molecule has 0 spiro atoms. The van der Waals surface area contributed by atoms with Crippen molar-refractivity contribution < 1.29 is 18.9 Å². The van der Waals surface area contributed by atoms with Gasteiger partial charge in [0.1, 0.15) is 12.4 Å². The number of ether oxygens (including phenoxy) is 4. The lowest BCUT2D eigenvalue weighted by Gasteiger charge is -2.08. The molecule has 0 amide bonds. The van der Waals surface area contributed by atoms with Crippen LogP contribution in [0, 0.1) is 0 Å². The Morgan fingerprint density at radius 1 is 1.05 bits per heavy atom. The zero-order valence-corrected chi connectivity index (χ0v) is 11.5. The summed E-state index contributed by atoms with van der Waals surface area (Å²) in [5.41, 5.74) is 7.86. The Labute approximate surface area is 117 Å². The molecule has 20 heavy (non-hydrogen) atoms. The van der Waals surface area contributed by atoms with E-state index in [-0.39, 0.29) is 5.95 Å². The SMILES string of the molecule is COCCOCCOCCOc1cc(NN)nc(N)n1. The van der Waals surface area contributed by atoms with Gasteiger partial charge in [0.25, 0.3) is 0 Å². The summed E-state index contributed by atoms with van der Waals surface area (Å²) in [6, 6.07) is 1.55. The van der Waals surface area contributed by atoms with E-state index in [1.807, 2.05) is 0 Å². The molecule has 9 nitrogen and oxygen atoms in total. The smallest absolute Gasteiger partial charge is 0.225 e. The van der Waals surface area contributed by atoms with Gasteiger partial charge in [-0.2, -0.15) is 9.97 Å². The first kappa shape index (κ1) is 16.4. The van der Waals surface area contributed by atoms with E-state index < -0.39 is 0 Å². The number of nitrogens with one attached hydrogen (secondary N) is 1. The first-order valence-electron chi connectivity index (χ1n) is 6.14. The van der Waals surface area contributed by atoms with Crippen molar-refractivity contribution >= 4 is 11.8 Å². The Balaban J connectivity index is 2.08. The van der Waals surface area contributed by atoms with E-state index in [4.69, 9.17) is 30.5 Å². The first-order valence-corrected chi connectivity index (χ1v) is 6.14. The van der Waals surface area contributed by atoms with Gasteiger partial charge in [0.15, 0.2) is 0 Å². The zero-order valence-electron chi connectivity index (χ0n) is 11.5. The highest BCUT2D eigenvalue weighted by atomic mass is 16.6. The van der Waals surface area contributed by atoms with E-state index in [1.54, 1.807) is 13.2 Å². The molecule has 1 aromatic rings. The van der Waals surface area contributed by atoms with Gasteiger partial charge < -0.3 is 30.1 Å². The standard InChI is InChI=1S/C11H21N5O4/c1-17-2-3-18-4-5-19-6-7-20-10-8-9(16-13)14-11(12)15-10/h8H,2-7,13H2,1H3,(H3,12,14,15,16). The van der Waals surface area contributed by atoms with Gasteiger partial charge in [-0.1, -0.05) is 0 Å². The van der Waals surface area contributed by atoms with Crippen LogP contribution in [0.15, 0.2) is 6.07 Å². The number of methoxy groups -OCH3 is 1. The minimum absolute atomic E-state index is 0.0860. The lowest BCUT2D eigenvalue weighted by molar-refractivity contribution is 0.0176. The molecular weight excluding hydrogens is 266 g/mol. The van der Waals surface area contributed by atoms with E-state index in [0.29, 0.717) is 51.3 Å². The Kier molecular flexibility index (Phi) is 8.31. The predicted octanol–water partition coefficient (Wildman–Crippen LogP) is -0.597. The van der Waals surface area contributed by atoms with Crippen LogP contribution < -0.4 is 21.7 Å². The van der Waals surface area contributed by atoms with Gasteiger partial charge in [-0.3, -0.25) is 0 Å². The third kappa shape index (κ3) is 7.04. The number of hydrogen-bond donors (Lipinski definition) is 3. The zero-order chi connectivity index (χ0) is 14.6. The quantitative estimate of drug-likeness (QED) is 0.278. The van der Waals surface area contributed by atoms with Crippen molar-refractivity contribution in [3.05, 3.63) is 6.07 Å². The Hall–Kier alpha value is -1.68. The predicted molar refractivity (Wildman–Crippen MR) is 73.3 cm³/mol. The maximum atomic E-state index is 5.49. The van der Waals surface area contributed by atoms with Crippen molar-refractivity contribution in [2.75, 3.05) is 57.9 Å². The van der Waals surface area contributed by atoms with Crippen LogP contribution in [-0.4, -0.2) is 56.7 Å². The molecule has 0 aliphatic heterocycles. The highest BCUT2D eigenvalue weighted by Gasteiger charge is 2.02. The van der Waals surface area contributed by atoms with Crippen molar-refractivity contribution in [2.24, 2.45) is 5.84 Å². The highest BCUT2D eigenvalue weighted by Crippen LogP contribution is 2.13. The van der Waals surface area contributed by atoms with Gasteiger partial charge in [-0.05, 0) is 0 Å². The van der Waals surface area contributed by atoms with Crippen molar-refractivity contribution in [3.8, 4) is 5.88 Å². The Morgan fingerprint density at radius 3 is 2.35 bits per heavy atom. The van der Waals surface area contributed by atoms with Crippen molar-refractivity contribution in [1.29, 1.82) is 0 Å². The Bertz CT molecular complexity index is 380. The maximum Gasteiger partial charge on any atom is 0.225 e. The molecule has 5 N–H and O–H groups in total. The molecule has 0 fully saturated rings. The van der Waals surface area contributed by atoms with Gasteiger partial charge in [0, 0.05) is 13.2 Å². The van der Waals surface area contributed by atoms with Gasteiger partial charge >= 0.3 is 0 Å². The summed E-state index contributed by atoms with van der Waals surface area (Å²) in [6.45, 7) is 2.92. The number of aromatic nitrogens is 2. The molecule has 114 valence electrons. The molecule has 0 unspecified atom stereocenters. The lowest BCUT2D eigenvalue weighted by Crippen LogP contribution is -2.14. The maximum absolute atomic E-state index is 5.49. The number of hydrogen-bond acceptors (Lipinski definition) is 9. The van der Waals surface area contributed by atoms with Crippen LogP contribution in [0.3, 0.4) is 0 Å². The molecule has 9 heteroatoms. The fourth-order valence-electron chi connectivity index (χ4n) is 1.26. The minimum Gasteiger partial charge on any atom is -0.475 e. The summed E-state index contributed by atoms with van der Waals surface area (Å²) in [5, 5.41) is 0. The summed E-state index contributed by atoms with van der Waals surface area (Å²) in [4.78, 5) is 7.74. The van der Waals surface area contributed by atoms with Gasteiger partial charge in [-0.15, -0.1) is 0 Å². The first-order chi connectivity index (χ1) is 9.76. The van der Waals surface area contributed by atoms with Crippen LogP contribution in [0.1, 0.15) is 0 Å². The average molecular weight is 287 g/mol. The summed E-state index contributed by atoms with van der Waals surface area (Å²) in [7, 11) is 1.63. The fourth-order valence-corrected chi connectivity index (χ4v) is 1.26. The van der Waals surface area contributed by atoms with Gasteiger partial charge in [0.2, 0.25) is 11.8 Å². The van der Waals surface area contributed by atoms with Crippen LogP contribution in [0.25, 0.3) is 0 Å². The molecule has 0 radical (unpaired) electrons. The second kappa shape index (κ2) is 10.1. The molecule has 1 aromatic heterocycles. The number of anilines is 2. The monoisotopic (exact) mass is 287 g/mol. The summed E-state index contributed by atoms with van der Waals surface area (Å²) < 4.78 is 20.8. The molecule has 1 rings (SSSR count). The van der Waals surface area contributed by atoms with E-state index in [2.05, 4.69) is 15.4 Å². The van der Waals surface area contributed by atoms with E-state index in [1.165, 1.54) is 0 Å². The molecule has 0 aliphatic rings. The molecule has 0 aromatic carbocycles. The molecule has 0 bridgehead atoms. The van der Waals surface area contributed by atoms with Crippen molar-refractivity contribution in [3.63, 3.8) is 0 Å². The summed E-state index contributed by atoms with van der Waals surface area (Å²) >= 11 is 0. The molecule has 1 heterocycles. The van der Waals surface area contributed by atoms with Crippen LogP contribution in [0.2, 0.25) is 0 Å². The fraction of sp³-hybridized carbons (Fsp3) is 0.636. The molecular formula is C11H21N5O4. The third-order valence-electron chi connectivity index (χ3n) is 2.15. The van der Waals surface area contributed by atoms with Crippen molar-refractivity contribution in [2.45, 2.75) is 0 Å². The largest absolute Gasteiger partial charge is 0.475 e. The third-order valence-corrected chi connectivity index (χ3v) is 2.15. The van der Waals surface area contributed by atoms with E-state index in [0.717, 1.165) is 0 Å². The second-order valence-electron chi connectivity index (χ2n) is 3.66. The molecule has 0 saturated carbocycles. The van der Waals surface area contributed by atoms with Gasteiger partial charge in [0.05, 0.1) is 33.0 Å². The lowest BCUT2D eigenvalue weighted by atomic mass is 10.5. The number of nitrogens with two attached hydrogens (primary N) is 2. The topological polar surface area (TPSA) is 127 Å². The number of nitrogens with zero attached hydrogens (tertiary/aromatic N) is 2. The normalized spacial score (nSPS) is 10.5. The van der Waals surface area contributed by atoms with Crippen molar-refractivity contribution in [1.82, 2.24) is 9.97 Å². The number of rotatable bonds is 11. The summed E-state index contributed by atoms with van der Waals surface area (Å²) in [5.74, 6) is 6.05. The van der Waals surface area contributed by atoms with Crippen LogP contribution in [0.4, 0.5) is 11.8 Å². The molecule has 0 aliphatic carbocycles. The van der Waals surface area contributed by atoms with Crippen LogP contribution in [-0.2, 0) is 14.2 Å². The number of nitrogen functional groups attached to an aromatic ring is 2. The average Bonchev–Trinajstić information content (AvgIpc) is 2.45. The van der Waals surface area contributed by atoms with E-state index in [9.17, 15) is 0 Å². The summed E-state index contributed by atoms with van der Waals surface area (Å²) in [6.07, 6.45) is 0. The minimum atomic E-state index is 0.0860. The second-order valence-corrected chi connectivity index (χ2v) is 3.66. The van der Waals surface area contributed by atoms with Crippen LogP contribution >= 0.6 is 0 Å². The molecule has 0 atom stereocenters. The van der Waals surface area contributed by atoms with E-state index >= 15 is 0 Å². The molecule has 0 saturated heterocycles. The van der Waals surface area contributed by atoms with Crippen LogP contribution in [0.5, 0.6) is 5.88 Å². The Morgan fingerprint density at radius 2 is 1.70 bits per heavy atom.